The van der Waals surface area contributed by atoms with E-state index < -0.39 is 0 Å². The molecule has 74 valence electrons. The van der Waals surface area contributed by atoms with Gasteiger partial charge in [0, 0.05) is 5.41 Å². The molecule has 0 saturated carbocycles. The summed E-state index contributed by atoms with van der Waals surface area (Å²) in [7, 11) is 0. The highest BCUT2D eigenvalue weighted by Crippen LogP contribution is 2.36. The molecule has 0 aromatic carbocycles. The second kappa shape index (κ2) is 3.95. The van der Waals surface area contributed by atoms with Crippen LogP contribution in [-0.2, 0) is 0 Å². The van der Waals surface area contributed by atoms with Gasteiger partial charge in [0.2, 0.25) is 0 Å². The Labute approximate surface area is 83.0 Å². The first kappa shape index (κ1) is 12.2. The lowest BCUT2D eigenvalue weighted by molar-refractivity contribution is 0.535. The third-order valence-electron chi connectivity index (χ3n) is 3.21. The molecule has 13 heavy (non-hydrogen) atoms. The zero-order valence-corrected chi connectivity index (χ0v) is 9.91. The van der Waals surface area contributed by atoms with Gasteiger partial charge in [-0.25, -0.2) is 0 Å². The van der Waals surface area contributed by atoms with E-state index in [9.17, 15) is 0 Å². The molecule has 0 atom stereocenters. The molecule has 0 unspecified atom stereocenters. The second-order valence-electron chi connectivity index (χ2n) is 4.44. The summed E-state index contributed by atoms with van der Waals surface area (Å²) in [6, 6.07) is 0. The predicted molar refractivity (Wildman–Crippen MR) is 61.8 cm³/mol. The molecule has 0 amide bonds. The van der Waals surface area contributed by atoms with Crippen LogP contribution in [0.3, 0.4) is 0 Å². The lowest BCUT2D eigenvalue weighted by Gasteiger charge is -2.28. The molecule has 0 spiro atoms. The lowest BCUT2D eigenvalue weighted by atomic mass is 9.76. The van der Waals surface area contributed by atoms with Gasteiger partial charge in [-0.15, -0.1) is 0 Å². The van der Waals surface area contributed by atoms with Gasteiger partial charge in [0.05, 0.1) is 0 Å². The van der Waals surface area contributed by atoms with Gasteiger partial charge in [-0.1, -0.05) is 43.7 Å². The molecule has 0 nitrogen and oxygen atoms in total. The van der Waals surface area contributed by atoms with E-state index in [-0.39, 0.29) is 5.41 Å². The quantitative estimate of drug-likeness (QED) is 0.441. The fourth-order valence-electron chi connectivity index (χ4n) is 1.11. The molecule has 0 N–H and O–H groups in total. The first-order chi connectivity index (χ1) is 5.71. The normalized spacial score (nSPS) is 13.7. The zero-order chi connectivity index (χ0) is 10.8. The maximum absolute atomic E-state index is 4.03. The van der Waals surface area contributed by atoms with Crippen LogP contribution in [0.4, 0.5) is 0 Å². The minimum absolute atomic E-state index is 0.0863. The van der Waals surface area contributed by atoms with Crippen molar-refractivity contribution >= 4 is 0 Å². The summed E-state index contributed by atoms with van der Waals surface area (Å²) in [5, 5.41) is 0. The SMILES string of the molecule is C=C(C)/C(C)=C(\C)C(C)(C)C(=C)C. The molecule has 0 aliphatic carbocycles. The van der Waals surface area contributed by atoms with Crippen LogP contribution in [0.1, 0.15) is 41.5 Å². The van der Waals surface area contributed by atoms with E-state index in [2.05, 4.69) is 47.8 Å². The molecule has 0 aromatic heterocycles. The van der Waals surface area contributed by atoms with E-state index in [1.807, 2.05) is 6.92 Å². The summed E-state index contributed by atoms with van der Waals surface area (Å²) in [6.45, 7) is 20.8. The highest BCUT2D eigenvalue weighted by Gasteiger charge is 2.22. The smallest absolute Gasteiger partial charge is 0.00616 e. The molecule has 0 bridgehead atoms. The Kier molecular flexibility index (Phi) is 3.71. The summed E-state index contributed by atoms with van der Waals surface area (Å²) in [4.78, 5) is 0. The van der Waals surface area contributed by atoms with Crippen molar-refractivity contribution in [2.45, 2.75) is 41.5 Å². The Balaban J connectivity index is 5.20. The van der Waals surface area contributed by atoms with Gasteiger partial charge in [-0.2, -0.15) is 0 Å². The maximum atomic E-state index is 4.03. The average molecular weight is 178 g/mol. The monoisotopic (exact) mass is 178 g/mol. The Morgan fingerprint density at radius 2 is 1.31 bits per heavy atom. The van der Waals surface area contributed by atoms with E-state index in [0.717, 1.165) is 5.57 Å². The summed E-state index contributed by atoms with van der Waals surface area (Å²) in [6.07, 6.45) is 0. The minimum atomic E-state index is 0.0863. The van der Waals surface area contributed by atoms with E-state index in [0.29, 0.717) is 0 Å². The van der Waals surface area contributed by atoms with Crippen molar-refractivity contribution in [3.05, 3.63) is 35.5 Å². The highest BCUT2D eigenvalue weighted by atomic mass is 14.3. The van der Waals surface area contributed by atoms with Crippen molar-refractivity contribution in [2.24, 2.45) is 5.41 Å². The van der Waals surface area contributed by atoms with Crippen LogP contribution >= 0.6 is 0 Å². The molecular formula is C13H22. The molecule has 0 aliphatic rings. The molecular weight excluding hydrogens is 156 g/mol. The van der Waals surface area contributed by atoms with Gasteiger partial charge < -0.3 is 0 Å². The van der Waals surface area contributed by atoms with Crippen LogP contribution in [0.5, 0.6) is 0 Å². The Hall–Kier alpha value is -0.780. The molecule has 0 radical (unpaired) electrons. The Morgan fingerprint density at radius 1 is 0.923 bits per heavy atom. The molecule has 0 aromatic rings. The predicted octanol–water partition coefficient (Wildman–Crippen LogP) is 4.50. The largest absolute Gasteiger partial charge is 0.0993 e. The second-order valence-corrected chi connectivity index (χ2v) is 4.44. The molecule has 0 heteroatoms. The van der Waals surface area contributed by atoms with Gasteiger partial charge in [0.15, 0.2) is 0 Å². The number of hydrogen-bond donors (Lipinski definition) is 0. The fourth-order valence-corrected chi connectivity index (χ4v) is 1.11. The van der Waals surface area contributed by atoms with Crippen molar-refractivity contribution < 1.29 is 0 Å². The van der Waals surface area contributed by atoms with Gasteiger partial charge in [0.1, 0.15) is 0 Å². The third kappa shape index (κ3) is 2.58. The van der Waals surface area contributed by atoms with Crippen LogP contribution in [0.25, 0.3) is 0 Å². The zero-order valence-electron chi connectivity index (χ0n) is 9.91. The van der Waals surface area contributed by atoms with Gasteiger partial charge in [0.25, 0.3) is 0 Å². The summed E-state index contributed by atoms with van der Waals surface area (Å²) >= 11 is 0. The topological polar surface area (TPSA) is 0 Å². The third-order valence-corrected chi connectivity index (χ3v) is 3.21. The number of rotatable bonds is 3. The lowest BCUT2D eigenvalue weighted by Crippen LogP contribution is -2.15. The van der Waals surface area contributed by atoms with Gasteiger partial charge in [-0.3, -0.25) is 0 Å². The standard InChI is InChI=1S/C13H22/c1-9(2)11(5)12(6)13(7,8)10(3)4/h1,3H2,2,4-8H3/b12-11+. The highest BCUT2D eigenvalue weighted by molar-refractivity contribution is 5.35. The van der Waals surface area contributed by atoms with E-state index in [4.69, 9.17) is 0 Å². The van der Waals surface area contributed by atoms with Gasteiger partial charge >= 0.3 is 0 Å². The first-order valence-corrected chi connectivity index (χ1v) is 4.71. The minimum Gasteiger partial charge on any atom is -0.0993 e. The van der Waals surface area contributed by atoms with Crippen molar-refractivity contribution in [3.63, 3.8) is 0 Å². The van der Waals surface area contributed by atoms with E-state index in [1.54, 1.807) is 0 Å². The van der Waals surface area contributed by atoms with Crippen LogP contribution in [-0.4, -0.2) is 0 Å². The van der Waals surface area contributed by atoms with Crippen molar-refractivity contribution in [1.82, 2.24) is 0 Å². The molecule has 0 heterocycles. The first-order valence-electron chi connectivity index (χ1n) is 4.71. The summed E-state index contributed by atoms with van der Waals surface area (Å²) in [5.41, 5.74) is 5.10. The molecule has 0 saturated heterocycles. The molecule has 0 aliphatic heterocycles. The van der Waals surface area contributed by atoms with Crippen LogP contribution in [0, 0.1) is 5.41 Å². The number of allylic oxidation sites excluding steroid dienone is 4. The van der Waals surface area contributed by atoms with E-state index in [1.165, 1.54) is 16.7 Å². The Bertz CT molecular complexity index is 262. The maximum Gasteiger partial charge on any atom is 0.00616 e. The van der Waals surface area contributed by atoms with Crippen LogP contribution in [0.2, 0.25) is 0 Å². The summed E-state index contributed by atoms with van der Waals surface area (Å²) in [5.74, 6) is 0. The van der Waals surface area contributed by atoms with Gasteiger partial charge in [-0.05, 0) is 33.3 Å². The van der Waals surface area contributed by atoms with E-state index >= 15 is 0 Å². The Morgan fingerprint density at radius 3 is 1.54 bits per heavy atom. The average Bonchev–Trinajstić information content (AvgIpc) is 2.01. The summed E-state index contributed by atoms with van der Waals surface area (Å²) < 4.78 is 0. The molecule has 0 fully saturated rings. The molecule has 0 rings (SSSR count). The van der Waals surface area contributed by atoms with Crippen LogP contribution < -0.4 is 0 Å². The van der Waals surface area contributed by atoms with Crippen LogP contribution in [0.15, 0.2) is 35.5 Å². The van der Waals surface area contributed by atoms with Crippen molar-refractivity contribution in [2.75, 3.05) is 0 Å². The number of hydrogen-bond acceptors (Lipinski definition) is 0. The fraction of sp³-hybridized carbons (Fsp3) is 0.538. The van der Waals surface area contributed by atoms with Crippen molar-refractivity contribution in [1.29, 1.82) is 0 Å². The van der Waals surface area contributed by atoms with Crippen molar-refractivity contribution in [3.8, 4) is 0 Å².